The van der Waals surface area contributed by atoms with Crippen molar-refractivity contribution in [3.05, 3.63) is 89.2 Å². The number of aromatic nitrogens is 2. The van der Waals surface area contributed by atoms with Gasteiger partial charge in [-0.1, -0.05) is 42.5 Å². The Morgan fingerprint density at radius 3 is 2.64 bits per heavy atom. The molecule has 142 valence electrons. The molecule has 4 rings (SSSR count). The topological polar surface area (TPSA) is 73.2 Å². The molecule has 6 heteroatoms. The van der Waals surface area contributed by atoms with Crippen molar-refractivity contribution in [2.75, 3.05) is 0 Å². The van der Waals surface area contributed by atoms with Crippen LogP contribution in [0.5, 0.6) is 0 Å². The monoisotopic (exact) mass is 375 g/mol. The number of hydrogen-bond acceptors (Lipinski definition) is 4. The molecule has 0 radical (unpaired) electrons. The Hall–Kier alpha value is -3.41. The molecular weight excluding hydrogens is 354 g/mol. The zero-order valence-corrected chi connectivity index (χ0v) is 15.6. The molecule has 1 unspecified atom stereocenters. The third-order valence-electron chi connectivity index (χ3n) is 4.94. The van der Waals surface area contributed by atoms with Gasteiger partial charge >= 0.3 is 5.97 Å². The SMILES string of the molecule is CC1(C(=O)NCc2ccc(Cn3cccn3)cc2)Cc2ccccc2C(=O)O1. The van der Waals surface area contributed by atoms with Crippen molar-refractivity contribution in [3.63, 3.8) is 0 Å². The highest BCUT2D eigenvalue weighted by Crippen LogP contribution is 2.28. The van der Waals surface area contributed by atoms with Crippen LogP contribution in [0.4, 0.5) is 0 Å². The zero-order valence-electron chi connectivity index (χ0n) is 15.6. The number of carbonyl (C=O) groups excluding carboxylic acids is 2. The van der Waals surface area contributed by atoms with Gasteiger partial charge in [0.05, 0.1) is 12.1 Å². The third kappa shape index (κ3) is 3.67. The normalized spacial score (nSPS) is 18.2. The summed E-state index contributed by atoms with van der Waals surface area (Å²) in [6, 6.07) is 17.1. The number of nitrogens with one attached hydrogen (secondary N) is 1. The second-order valence-corrected chi connectivity index (χ2v) is 7.16. The maximum absolute atomic E-state index is 12.7. The number of rotatable bonds is 5. The predicted octanol–water partition coefficient (Wildman–Crippen LogP) is 2.72. The molecule has 0 spiro atoms. The van der Waals surface area contributed by atoms with E-state index in [4.69, 9.17) is 4.74 Å². The Labute approximate surface area is 163 Å². The highest BCUT2D eigenvalue weighted by Gasteiger charge is 2.42. The lowest BCUT2D eigenvalue weighted by Gasteiger charge is -2.33. The first-order valence-electron chi connectivity index (χ1n) is 9.18. The quantitative estimate of drug-likeness (QED) is 0.696. The van der Waals surface area contributed by atoms with Crippen LogP contribution in [0.2, 0.25) is 0 Å². The number of benzene rings is 2. The van der Waals surface area contributed by atoms with Gasteiger partial charge in [0.25, 0.3) is 5.91 Å². The van der Waals surface area contributed by atoms with Gasteiger partial charge in [0, 0.05) is 25.4 Å². The molecule has 28 heavy (non-hydrogen) atoms. The van der Waals surface area contributed by atoms with Crippen LogP contribution in [0, 0.1) is 0 Å². The minimum absolute atomic E-state index is 0.295. The fourth-order valence-corrected chi connectivity index (χ4v) is 3.37. The van der Waals surface area contributed by atoms with Crippen LogP contribution in [0.3, 0.4) is 0 Å². The van der Waals surface area contributed by atoms with E-state index in [0.717, 1.165) is 16.7 Å². The van der Waals surface area contributed by atoms with Crippen molar-refractivity contribution in [1.82, 2.24) is 15.1 Å². The summed E-state index contributed by atoms with van der Waals surface area (Å²) in [6.45, 7) is 2.73. The number of cyclic esters (lactones) is 1. The van der Waals surface area contributed by atoms with Crippen molar-refractivity contribution in [1.29, 1.82) is 0 Å². The van der Waals surface area contributed by atoms with Gasteiger partial charge < -0.3 is 10.1 Å². The van der Waals surface area contributed by atoms with Crippen LogP contribution >= 0.6 is 0 Å². The predicted molar refractivity (Wildman–Crippen MR) is 104 cm³/mol. The summed E-state index contributed by atoms with van der Waals surface area (Å²) < 4.78 is 7.32. The number of fused-ring (bicyclic) bond motifs is 1. The first-order chi connectivity index (χ1) is 13.5. The minimum Gasteiger partial charge on any atom is -0.445 e. The molecule has 0 bridgehead atoms. The van der Waals surface area contributed by atoms with E-state index >= 15 is 0 Å². The standard InChI is InChI=1S/C22H21N3O3/c1-22(13-18-5-2-3-6-19(18)20(26)28-22)21(27)23-14-16-7-9-17(10-8-16)15-25-12-4-11-24-25/h2-12H,13-15H2,1H3,(H,23,27). The first kappa shape index (κ1) is 18.0. The molecule has 1 N–H and O–H groups in total. The smallest absolute Gasteiger partial charge is 0.339 e. The molecule has 1 aliphatic heterocycles. The van der Waals surface area contributed by atoms with Gasteiger partial charge in [0.1, 0.15) is 0 Å². The molecule has 1 amide bonds. The van der Waals surface area contributed by atoms with Gasteiger partial charge in [-0.15, -0.1) is 0 Å². The van der Waals surface area contributed by atoms with Gasteiger partial charge in [-0.2, -0.15) is 5.10 Å². The molecule has 0 saturated heterocycles. The van der Waals surface area contributed by atoms with E-state index < -0.39 is 11.6 Å². The fourth-order valence-electron chi connectivity index (χ4n) is 3.37. The minimum atomic E-state index is -1.20. The number of amides is 1. The first-order valence-corrected chi connectivity index (χ1v) is 9.18. The maximum atomic E-state index is 12.7. The van der Waals surface area contributed by atoms with Crippen molar-refractivity contribution in [2.24, 2.45) is 0 Å². The van der Waals surface area contributed by atoms with E-state index in [-0.39, 0.29) is 5.91 Å². The Morgan fingerprint density at radius 1 is 1.14 bits per heavy atom. The van der Waals surface area contributed by atoms with Gasteiger partial charge in [0.2, 0.25) is 0 Å². The zero-order chi connectivity index (χ0) is 19.6. The summed E-state index contributed by atoms with van der Waals surface area (Å²) in [5.41, 5.74) is 2.26. The second-order valence-electron chi connectivity index (χ2n) is 7.16. The lowest BCUT2D eigenvalue weighted by atomic mass is 9.89. The molecule has 0 saturated carbocycles. The van der Waals surface area contributed by atoms with E-state index in [1.807, 2.05) is 53.3 Å². The fraction of sp³-hybridized carbons (Fsp3) is 0.227. The van der Waals surface area contributed by atoms with Crippen molar-refractivity contribution in [3.8, 4) is 0 Å². The highest BCUT2D eigenvalue weighted by atomic mass is 16.6. The van der Waals surface area contributed by atoms with Crippen molar-refractivity contribution >= 4 is 11.9 Å². The number of ether oxygens (including phenoxy) is 1. The summed E-state index contributed by atoms with van der Waals surface area (Å²) in [5.74, 6) is -0.751. The van der Waals surface area contributed by atoms with Crippen LogP contribution < -0.4 is 5.32 Å². The number of esters is 1. The number of carbonyl (C=O) groups is 2. The molecule has 1 aliphatic rings. The van der Waals surface area contributed by atoms with Crippen molar-refractivity contribution in [2.45, 2.75) is 32.0 Å². The van der Waals surface area contributed by atoms with E-state index in [2.05, 4.69) is 10.4 Å². The summed E-state index contributed by atoms with van der Waals surface area (Å²) >= 11 is 0. The molecule has 1 aromatic heterocycles. The number of nitrogens with zero attached hydrogens (tertiary/aromatic N) is 2. The van der Waals surface area contributed by atoms with Crippen LogP contribution in [0.25, 0.3) is 0 Å². The summed E-state index contributed by atoms with van der Waals surface area (Å²) in [4.78, 5) is 25.0. The van der Waals surface area contributed by atoms with E-state index in [0.29, 0.717) is 25.1 Å². The molecule has 6 nitrogen and oxygen atoms in total. The van der Waals surface area contributed by atoms with Gasteiger partial charge in [-0.05, 0) is 35.7 Å². The molecular formula is C22H21N3O3. The van der Waals surface area contributed by atoms with E-state index in [9.17, 15) is 9.59 Å². The third-order valence-corrected chi connectivity index (χ3v) is 4.94. The Kier molecular flexibility index (Phi) is 4.69. The molecule has 2 aromatic carbocycles. The lowest BCUT2D eigenvalue weighted by molar-refractivity contribution is -0.139. The largest absolute Gasteiger partial charge is 0.445 e. The van der Waals surface area contributed by atoms with Gasteiger partial charge in [0.15, 0.2) is 5.60 Å². The molecule has 1 atom stereocenters. The Bertz CT molecular complexity index is 996. The average molecular weight is 375 g/mol. The van der Waals surface area contributed by atoms with Gasteiger partial charge in [-0.25, -0.2) is 4.79 Å². The van der Waals surface area contributed by atoms with Crippen LogP contribution in [-0.2, 0) is 29.0 Å². The van der Waals surface area contributed by atoms with Gasteiger partial charge in [-0.3, -0.25) is 9.48 Å². The van der Waals surface area contributed by atoms with E-state index in [1.54, 1.807) is 25.3 Å². The second kappa shape index (κ2) is 7.31. The van der Waals surface area contributed by atoms with Crippen LogP contribution in [-0.4, -0.2) is 27.3 Å². The highest BCUT2D eigenvalue weighted by molar-refractivity contribution is 5.97. The molecule has 0 aliphatic carbocycles. The summed E-state index contributed by atoms with van der Waals surface area (Å²) in [7, 11) is 0. The lowest BCUT2D eigenvalue weighted by Crippen LogP contribution is -2.51. The summed E-state index contributed by atoms with van der Waals surface area (Å²) in [6.07, 6.45) is 4.03. The summed E-state index contributed by atoms with van der Waals surface area (Å²) in [5, 5.41) is 7.09. The van der Waals surface area contributed by atoms with E-state index in [1.165, 1.54) is 0 Å². The molecule has 0 fully saturated rings. The maximum Gasteiger partial charge on any atom is 0.339 e. The number of hydrogen-bond donors (Lipinski definition) is 1. The average Bonchev–Trinajstić information content (AvgIpc) is 3.20. The molecule has 2 heterocycles. The van der Waals surface area contributed by atoms with Crippen LogP contribution in [0.15, 0.2) is 67.0 Å². The Morgan fingerprint density at radius 2 is 1.89 bits per heavy atom. The molecule has 3 aromatic rings. The Balaban J connectivity index is 1.38. The van der Waals surface area contributed by atoms with Crippen LogP contribution in [0.1, 0.15) is 34.0 Å². The van der Waals surface area contributed by atoms with Crippen molar-refractivity contribution < 1.29 is 14.3 Å².